The number of anilines is 2. The van der Waals surface area contributed by atoms with Crippen LogP contribution in [0.3, 0.4) is 0 Å². The second-order valence-electron chi connectivity index (χ2n) is 6.04. The lowest BCUT2D eigenvalue weighted by atomic mass is 10.1. The second kappa shape index (κ2) is 8.75. The molecule has 2 aromatic rings. The van der Waals surface area contributed by atoms with Gasteiger partial charge in [-0.05, 0) is 48.9 Å². The number of methoxy groups -OCH3 is 2. The largest absolute Gasteiger partial charge is 0.497 e. The number of nitrogens with zero attached hydrogens (tertiary/aromatic N) is 1. The number of hydrogen-bond acceptors (Lipinski definition) is 6. The van der Waals surface area contributed by atoms with Crippen molar-refractivity contribution >= 4 is 33.3 Å². The molecule has 0 atom stereocenters. The van der Waals surface area contributed by atoms with E-state index in [0.717, 1.165) is 16.1 Å². The van der Waals surface area contributed by atoms with Crippen molar-refractivity contribution in [3.05, 3.63) is 53.6 Å². The molecule has 0 aliphatic rings. The van der Waals surface area contributed by atoms with Gasteiger partial charge >= 0.3 is 5.97 Å². The van der Waals surface area contributed by atoms with E-state index in [1.54, 1.807) is 43.3 Å². The molecule has 0 spiro atoms. The number of sulfonamides is 1. The Hall–Kier alpha value is -3.07. The van der Waals surface area contributed by atoms with Crippen LogP contribution in [-0.2, 0) is 19.6 Å². The molecule has 0 fully saturated rings. The molecule has 1 N–H and O–H groups in total. The van der Waals surface area contributed by atoms with Crippen molar-refractivity contribution in [1.29, 1.82) is 0 Å². The number of carbonyl (C=O) groups excluding carboxylic acids is 2. The van der Waals surface area contributed by atoms with E-state index in [9.17, 15) is 18.0 Å². The summed E-state index contributed by atoms with van der Waals surface area (Å²) in [5, 5.41) is 2.65. The first-order valence-corrected chi connectivity index (χ1v) is 10.1. The molecule has 9 heteroatoms. The van der Waals surface area contributed by atoms with Crippen molar-refractivity contribution in [2.45, 2.75) is 6.92 Å². The summed E-state index contributed by atoms with van der Waals surface area (Å²) in [4.78, 5) is 24.2. The molecule has 28 heavy (non-hydrogen) atoms. The van der Waals surface area contributed by atoms with Gasteiger partial charge in [0.05, 0.1) is 31.7 Å². The van der Waals surface area contributed by atoms with E-state index >= 15 is 0 Å². The van der Waals surface area contributed by atoms with Crippen LogP contribution in [0.2, 0.25) is 0 Å². The van der Waals surface area contributed by atoms with Crippen LogP contribution < -0.4 is 14.4 Å². The molecule has 0 saturated carbocycles. The van der Waals surface area contributed by atoms with E-state index in [2.05, 4.69) is 10.1 Å². The number of aryl methyl sites for hydroxylation is 1. The van der Waals surface area contributed by atoms with E-state index in [0.29, 0.717) is 17.1 Å². The molecular weight excluding hydrogens is 384 g/mol. The molecule has 0 aliphatic carbocycles. The van der Waals surface area contributed by atoms with Crippen molar-refractivity contribution in [3.63, 3.8) is 0 Å². The summed E-state index contributed by atoms with van der Waals surface area (Å²) in [6.45, 7) is 1.33. The highest BCUT2D eigenvalue weighted by Crippen LogP contribution is 2.22. The highest BCUT2D eigenvalue weighted by Gasteiger charge is 2.21. The number of carbonyl (C=O) groups is 2. The van der Waals surface area contributed by atoms with Crippen LogP contribution in [0, 0.1) is 6.92 Å². The maximum absolute atomic E-state index is 12.5. The topological polar surface area (TPSA) is 102 Å². The smallest absolute Gasteiger partial charge is 0.337 e. The van der Waals surface area contributed by atoms with Crippen LogP contribution in [0.1, 0.15) is 15.9 Å². The summed E-state index contributed by atoms with van der Waals surface area (Å²) in [5.74, 6) is -0.519. The standard InChI is InChI=1S/C19H22N2O6S/c1-13-5-6-14(19(23)27-3)11-17(13)20-18(22)12-21(28(4,24)25)15-7-9-16(26-2)10-8-15/h5-11H,12H2,1-4H3,(H,20,22). The third-order valence-electron chi connectivity index (χ3n) is 3.98. The number of nitrogens with one attached hydrogen (secondary N) is 1. The van der Waals surface area contributed by atoms with Crippen molar-refractivity contribution in [3.8, 4) is 5.75 Å². The fraction of sp³-hybridized carbons (Fsp3) is 0.263. The predicted molar refractivity (Wildman–Crippen MR) is 106 cm³/mol. The minimum atomic E-state index is -3.70. The van der Waals surface area contributed by atoms with Gasteiger partial charge < -0.3 is 14.8 Å². The SMILES string of the molecule is COC(=O)c1ccc(C)c(NC(=O)CN(c2ccc(OC)cc2)S(C)(=O)=O)c1. The fourth-order valence-corrected chi connectivity index (χ4v) is 3.33. The molecule has 0 saturated heterocycles. The van der Waals surface area contributed by atoms with Crippen LogP contribution in [-0.4, -0.2) is 47.3 Å². The summed E-state index contributed by atoms with van der Waals surface area (Å²) in [7, 11) is -0.938. The molecule has 0 aromatic heterocycles. The molecule has 2 aromatic carbocycles. The number of amides is 1. The number of hydrogen-bond donors (Lipinski definition) is 1. The molecule has 150 valence electrons. The van der Waals surface area contributed by atoms with Gasteiger partial charge in [0.25, 0.3) is 0 Å². The third-order valence-corrected chi connectivity index (χ3v) is 5.12. The highest BCUT2D eigenvalue weighted by molar-refractivity contribution is 7.92. The maximum Gasteiger partial charge on any atom is 0.337 e. The first-order valence-electron chi connectivity index (χ1n) is 8.26. The Labute approximate surface area is 164 Å². The minimum absolute atomic E-state index is 0.276. The van der Waals surface area contributed by atoms with E-state index in [1.165, 1.54) is 20.3 Å². The van der Waals surface area contributed by atoms with Crippen LogP contribution in [0.4, 0.5) is 11.4 Å². The Morgan fingerprint density at radius 3 is 2.25 bits per heavy atom. The van der Waals surface area contributed by atoms with Crippen LogP contribution in [0.15, 0.2) is 42.5 Å². The van der Waals surface area contributed by atoms with Gasteiger partial charge in [0, 0.05) is 5.69 Å². The van der Waals surface area contributed by atoms with Gasteiger partial charge in [-0.25, -0.2) is 13.2 Å². The summed E-state index contributed by atoms with van der Waals surface area (Å²) < 4.78 is 35.1. The van der Waals surface area contributed by atoms with Crippen molar-refractivity contribution in [1.82, 2.24) is 0 Å². The van der Waals surface area contributed by atoms with E-state index in [4.69, 9.17) is 4.74 Å². The van der Waals surface area contributed by atoms with Gasteiger partial charge in [-0.15, -0.1) is 0 Å². The zero-order chi connectivity index (χ0) is 20.9. The summed E-state index contributed by atoms with van der Waals surface area (Å²) in [6, 6.07) is 11.0. The van der Waals surface area contributed by atoms with E-state index < -0.39 is 28.4 Å². The number of rotatable bonds is 7. The number of esters is 1. The lowest BCUT2D eigenvalue weighted by Crippen LogP contribution is -2.37. The molecule has 0 bridgehead atoms. The van der Waals surface area contributed by atoms with Crippen molar-refractivity contribution < 1.29 is 27.5 Å². The molecule has 0 radical (unpaired) electrons. The average molecular weight is 406 g/mol. The van der Waals surface area contributed by atoms with Gasteiger partial charge in [0.15, 0.2) is 0 Å². The Morgan fingerprint density at radius 1 is 1.07 bits per heavy atom. The van der Waals surface area contributed by atoms with E-state index in [-0.39, 0.29) is 5.56 Å². The zero-order valence-corrected chi connectivity index (χ0v) is 16.9. The van der Waals surface area contributed by atoms with E-state index in [1.807, 2.05) is 0 Å². The Balaban J connectivity index is 2.24. The monoisotopic (exact) mass is 406 g/mol. The normalized spacial score (nSPS) is 10.9. The van der Waals surface area contributed by atoms with Gasteiger partial charge in [-0.3, -0.25) is 9.10 Å². The Kier molecular flexibility index (Phi) is 6.63. The molecule has 2 rings (SSSR count). The lowest BCUT2D eigenvalue weighted by molar-refractivity contribution is -0.114. The molecule has 0 unspecified atom stereocenters. The average Bonchev–Trinajstić information content (AvgIpc) is 2.66. The van der Waals surface area contributed by atoms with Crippen LogP contribution >= 0.6 is 0 Å². The molecule has 0 heterocycles. The molecule has 8 nitrogen and oxygen atoms in total. The fourth-order valence-electron chi connectivity index (χ4n) is 2.47. The van der Waals surface area contributed by atoms with Crippen LogP contribution in [0.5, 0.6) is 5.75 Å². The number of benzene rings is 2. The lowest BCUT2D eigenvalue weighted by Gasteiger charge is -2.22. The minimum Gasteiger partial charge on any atom is -0.497 e. The predicted octanol–water partition coefficient (Wildman–Crippen LogP) is 2.19. The van der Waals surface area contributed by atoms with Crippen LogP contribution in [0.25, 0.3) is 0 Å². The molecule has 0 aliphatic heterocycles. The van der Waals surface area contributed by atoms with Gasteiger partial charge in [-0.2, -0.15) is 0 Å². The van der Waals surface area contributed by atoms with Gasteiger partial charge in [0.1, 0.15) is 12.3 Å². The van der Waals surface area contributed by atoms with Gasteiger partial charge in [-0.1, -0.05) is 6.07 Å². The summed E-state index contributed by atoms with van der Waals surface area (Å²) in [6.07, 6.45) is 1.02. The Bertz CT molecular complexity index is 970. The highest BCUT2D eigenvalue weighted by atomic mass is 32.2. The second-order valence-corrected chi connectivity index (χ2v) is 7.94. The number of ether oxygens (including phenoxy) is 2. The zero-order valence-electron chi connectivity index (χ0n) is 16.1. The Morgan fingerprint density at radius 2 is 1.71 bits per heavy atom. The van der Waals surface area contributed by atoms with Gasteiger partial charge in [0.2, 0.25) is 15.9 Å². The maximum atomic E-state index is 12.5. The summed E-state index contributed by atoms with van der Waals surface area (Å²) >= 11 is 0. The van der Waals surface area contributed by atoms with Crippen molar-refractivity contribution in [2.75, 3.05) is 36.6 Å². The van der Waals surface area contributed by atoms with Crippen molar-refractivity contribution in [2.24, 2.45) is 0 Å². The quantitative estimate of drug-likeness (QED) is 0.707. The first kappa shape index (κ1) is 21.2. The molecular formula is C19H22N2O6S. The first-order chi connectivity index (χ1) is 13.2. The third kappa shape index (κ3) is 5.23. The summed E-state index contributed by atoms with van der Waals surface area (Å²) in [5.41, 5.74) is 1.73. The molecule has 1 amide bonds.